The highest BCUT2D eigenvalue weighted by molar-refractivity contribution is 7.89. The van der Waals surface area contributed by atoms with Crippen molar-refractivity contribution in [1.29, 1.82) is 0 Å². The molecule has 2 aliphatic heterocycles. The second-order valence-corrected chi connectivity index (χ2v) is 8.84. The number of hydrogen-bond acceptors (Lipinski definition) is 4. The van der Waals surface area contributed by atoms with Crippen molar-refractivity contribution in [2.24, 2.45) is 0 Å². The van der Waals surface area contributed by atoms with Gasteiger partial charge >= 0.3 is 0 Å². The van der Waals surface area contributed by atoms with Gasteiger partial charge in [-0.15, -0.1) is 0 Å². The van der Waals surface area contributed by atoms with Gasteiger partial charge in [0.2, 0.25) is 10.0 Å². The third-order valence-corrected chi connectivity index (χ3v) is 7.43. The van der Waals surface area contributed by atoms with Gasteiger partial charge in [0, 0.05) is 37.2 Å². The number of piperazine rings is 1. The predicted octanol–water partition coefficient (Wildman–Crippen LogP) is 2.86. The van der Waals surface area contributed by atoms with Crippen LogP contribution in [0.2, 0.25) is 0 Å². The van der Waals surface area contributed by atoms with Crippen LogP contribution in [0, 0.1) is 0 Å². The molecule has 0 saturated carbocycles. The molecule has 0 radical (unpaired) electrons. The minimum Gasteiger partial charge on any atom is -0.497 e. The van der Waals surface area contributed by atoms with E-state index in [0.29, 0.717) is 23.7 Å². The number of rotatable bonds is 5. The highest BCUT2D eigenvalue weighted by Crippen LogP contribution is 2.46. The van der Waals surface area contributed by atoms with E-state index in [4.69, 9.17) is 4.74 Å². The molecule has 5 nitrogen and oxygen atoms in total. The first-order chi connectivity index (χ1) is 13.1. The Morgan fingerprint density at radius 2 is 1.81 bits per heavy atom. The monoisotopic (exact) mass is 384 g/mol. The Balaban J connectivity index is 1.62. The van der Waals surface area contributed by atoms with Crippen LogP contribution >= 0.6 is 0 Å². The molecule has 0 spiro atoms. The summed E-state index contributed by atoms with van der Waals surface area (Å²) in [6, 6.07) is 15.0. The number of nitrogens with zero attached hydrogens (tertiary/aromatic N) is 1. The largest absolute Gasteiger partial charge is 0.497 e. The van der Waals surface area contributed by atoms with Crippen molar-refractivity contribution in [3.05, 3.63) is 65.7 Å². The highest BCUT2D eigenvalue weighted by atomic mass is 32.2. The minimum absolute atomic E-state index is 0.0625. The Hall–Kier alpha value is -2.15. The molecular weight excluding hydrogens is 360 g/mol. The first-order valence-corrected chi connectivity index (χ1v) is 10.6. The number of sulfonamides is 1. The number of methoxy groups -OCH3 is 1. The van der Waals surface area contributed by atoms with Crippen LogP contribution in [-0.2, 0) is 10.0 Å². The Morgan fingerprint density at radius 3 is 2.44 bits per heavy atom. The molecule has 2 saturated heterocycles. The average Bonchev–Trinajstić information content (AvgIpc) is 2.70. The molecule has 4 rings (SSSR count). The molecule has 2 fully saturated rings. The smallest absolute Gasteiger partial charge is 0.243 e. The van der Waals surface area contributed by atoms with Gasteiger partial charge in [-0.1, -0.05) is 42.5 Å². The molecule has 2 aliphatic rings. The first-order valence-electron chi connectivity index (χ1n) is 9.17. The topological polar surface area (TPSA) is 58.6 Å². The maximum atomic E-state index is 13.2. The maximum Gasteiger partial charge on any atom is 0.243 e. The summed E-state index contributed by atoms with van der Waals surface area (Å²) in [7, 11) is -2.01. The Morgan fingerprint density at radius 1 is 1.11 bits per heavy atom. The molecular formula is C21H24N2O3S. The van der Waals surface area contributed by atoms with E-state index < -0.39 is 10.0 Å². The second kappa shape index (κ2) is 7.11. The van der Waals surface area contributed by atoms with E-state index in [9.17, 15) is 8.42 Å². The molecule has 2 aromatic rings. The van der Waals surface area contributed by atoms with E-state index in [2.05, 4.69) is 35.7 Å². The van der Waals surface area contributed by atoms with Gasteiger partial charge < -0.3 is 10.1 Å². The van der Waals surface area contributed by atoms with Gasteiger partial charge in [0.15, 0.2) is 0 Å². The van der Waals surface area contributed by atoms with Gasteiger partial charge in [0.1, 0.15) is 5.75 Å². The third kappa shape index (κ3) is 3.08. The normalized spacial score (nSPS) is 25.3. The molecule has 6 heteroatoms. The van der Waals surface area contributed by atoms with Crippen LogP contribution in [0.5, 0.6) is 5.75 Å². The van der Waals surface area contributed by atoms with Crippen molar-refractivity contribution in [2.75, 3.05) is 20.2 Å². The van der Waals surface area contributed by atoms with E-state index in [-0.39, 0.29) is 18.0 Å². The molecule has 2 bridgehead atoms. The summed E-state index contributed by atoms with van der Waals surface area (Å²) >= 11 is 0. The van der Waals surface area contributed by atoms with Crippen LogP contribution in [-0.4, -0.2) is 45.0 Å². The lowest BCUT2D eigenvalue weighted by atomic mass is 9.75. The van der Waals surface area contributed by atoms with Gasteiger partial charge in [0.25, 0.3) is 0 Å². The SMILES string of the molecule is C/C=C/c1ccc(C2[C@H]3CNC[C@@H]2N3S(=O)(=O)c2cccc(OC)c2)cc1. The standard InChI is InChI=1S/C21H24N2O3S/c1-3-5-15-8-10-16(11-9-15)21-19-13-22-14-20(21)23(19)27(24,25)18-7-4-6-17(12-18)26-2/h3-12,19-22H,13-14H2,1-2H3/b5-3+/t19-,20+,21?. The molecule has 0 aromatic heterocycles. The van der Waals surface area contributed by atoms with E-state index in [1.54, 1.807) is 35.7 Å². The summed E-state index contributed by atoms with van der Waals surface area (Å²) < 4.78 is 33.4. The minimum atomic E-state index is -3.55. The lowest BCUT2D eigenvalue weighted by molar-refractivity contribution is 0.0370. The predicted molar refractivity (Wildman–Crippen MR) is 106 cm³/mol. The van der Waals surface area contributed by atoms with Crippen LogP contribution in [0.1, 0.15) is 24.0 Å². The summed E-state index contributed by atoms with van der Waals surface area (Å²) in [5.41, 5.74) is 2.36. The summed E-state index contributed by atoms with van der Waals surface area (Å²) in [4.78, 5) is 0.292. The van der Waals surface area contributed by atoms with Crippen molar-refractivity contribution in [3.63, 3.8) is 0 Å². The molecule has 142 valence electrons. The number of allylic oxidation sites excluding steroid dienone is 1. The van der Waals surface area contributed by atoms with Crippen molar-refractivity contribution in [2.45, 2.75) is 29.8 Å². The van der Waals surface area contributed by atoms with E-state index in [1.807, 2.05) is 13.0 Å². The van der Waals surface area contributed by atoms with E-state index >= 15 is 0 Å². The summed E-state index contributed by atoms with van der Waals surface area (Å²) in [6.45, 7) is 3.33. The number of hydrogen-bond donors (Lipinski definition) is 1. The van der Waals surface area contributed by atoms with Crippen LogP contribution in [0.15, 0.2) is 59.5 Å². The molecule has 27 heavy (non-hydrogen) atoms. The summed E-state index contributed by atoms with van der Waals surface area (Å²) in [5, 5.41) is 3.35. The van der Waals surface area contributed by atoms with Crippen molar-refractivity contribution >= 4 is 16.1 Å². The molecule has 0 amide bonds. The lowest BCUT2D eigenvalue weighted by Gasteiger charge is -2.57. The molecule has 2 heterocycles. The Labute approximate surface area is 160 Å². The van der Waals surface area contributed by atoms with Gasteiger partial charge in [-0.25, -0.2) is 8.42 Å². The number of fused-ring (bicyclic) bond motifs is 2. The first kappa shape index (κ1) is 18.2. The van der Waals surface area contributed by atoms with E-state index in [0.717, 1.165) is 5.56 Å². The number of nitrogens with one attached hydrogen (secondary N) is 1. The van der Waals surface area contributed by atoms with Gasteiger partial charge in [-0.2, -0.15) is 4.31 Å². The zero-order valence-electron chi connectivity index (χ0n) is 15.5. The van der Waals surface area contributed by atoms with Crippen LogP contribution in [0.3, 0.4) is 0 Å². The average molecular weight is 385 g/mol. The Bertz CT molecular complexity index is 942. The fraction of sp³-hybridized carbons (Fsp3) is 0.333. The zero-order valence-corrected chi connectivity index (χ0v) is 16.3. The van der Waals surface area contributed by atoms with Crippen LogP contribution < -0.4 is 10.1 Å². The van der Waals surface area contributed by atoms with Gasteiger partial charge in [-0.05, 0) is 30.2 Å². The molecule has 1 unspecified atom stereocenters. The summed E-state index contributed by atoms with van der Waals surface area (Å²) in [5.74, 6) is 0.780. The Kier molecular flexibility index (Phi) is 4.80. The highest BCUT2D eigenvalue weighted by Gasteiger charge is 2.56. The third-order valence-electron chi connectivity index (χ3n) is 5.49. The van der Waals surface area contributed by atoms with Gasteiger partial charge in [-0.3, -0.25) is 0 Å². The molecule has 2 aromatic carbocycles. The van der Waals surface area contributed by atoms with Crippen molar-refractivity contribution < 1.29 is 13.2 Å². The quantitative estimate of drug-likeness (QED) is 0.861. The van der Waals surface area contributed by atoms with Gasteiger partial charge in [0.05, 0.1) is 12.0 Å². The fourth-order valence-corrected chi connectivity index (χ4v) is 6.12. The molecule has 1 N–H and O–H groups in total. The molecule has 3 atom stereocenters. The van der Waals surface area contributed by atoms with Crippen molar-refractivity contribution in [3.8, 4) is 5.75 Å². The lowest BCUT2D eigenvalue weighted by Crippen LogP contribution is -2.73. The number of piperidine rings is 1. The summed E-state index contributed by atoms with van der Waals surface area (Å²) in [6.07, 6.45) is 4.08. The number of ether oxygens (including phenoxy) is 1. The van der Waals surface area contributed by atoms with Crippen LogP contribution in [0.4, 0.5) is 0 Å². The zero-order chi connectivity index (χ0) is 19.0. The maximum absolute atomic E-state index is 13.2. The second-order valence-electron chi connectivity index (χ2n) is 7.00. The molecule has 0 aliphatic carbocycles. The number of benzene rings is 2. The van der Waals surface area contributed by atoms with E-state index in [1.165, 1.54) is 5.56 Å². The van der Waals surface area contributed by atoms with Crippen LogP contribution in [0.25, 0.3) is 6.08 Å². The fourth-order valence-electron chi connectivity index (χ4n) is 4.24. The van der Waals surface area contributed by atoms with Crippen molar-refractivity contribution in [1.82, 2.24) is 9.62 Å².